The van der Waals surface area contributed by atoms with Crippen molar-refractivity contribution in [2.45, 2.75) is 26.5 Å². The highest BCUT2D eigenvalue weighted by atomic mass is 35.5. The molecule has 2 aromatic carbocycles. The van der Waals surface area contributed by atoms with Crippen LogP contribution in [0.5, 0.6) is 5.75 Å². The maximum absolute atomic E-state index is 11.1. The third-order valence-electron chi connectivity index (χ3n) is 5.41. The lowest BCUT2D eigenvalue weighted by molar-refractivity contribution is -0.141. The van der Waals surface area contributed by atoms with Crippen molar-refractivity contribution in [3.8, 4) is 17.1 Å². The summed E-state index contributed by atoms with van der Waals surface area (Å²) in [6.07, 6.45) is 2.63. The number of hydrogen-bond donors (Lipinski definition) is 1. The van der Waals surface area contributed by atoms with Crippen LogP contribution in [0, 0.1) is 5.92 Å². The van der Waals surface area contributed by atoms with E-state index in [9.17, 15) is 4.79 Å². The lowest BCUT2D eigenvalue weighted by atomic mass is 10.0. The number of nitrogens with zero attached hydrogens (tertiary/aromatic N) is 3. The molecule has 1 aliphatic heterocycles. The minimum Gasteiger partial charge on any atom is -0.489 e. The van der Waals surface area contributed by atoms with E-state index in [0.717, 1.165) is 41.1 Å². The van der Waals surface area contributed by atoms with Crippen molar-refractivity contribution in [2.24, 2.45) is 5.92 Å². The number of hydrogen-bond acceptors (Lipinski definition) is 5. The Hall–Kier alpha value is -2.67. The Labute approximate surface area is 196 Å². The molecular formula is C24H23Cl2N3O3. The fraction of sp³-hybridized carbons (Fsp3) is 0.292. The molecule has 1 aliphatic rings. The van der Waals surface area contributed by atoms with Gasteiger partial charge in [0.05, 0.1) is 11.6 Å². The maximum atomic E-state index is 11.1. The molecule has 0 bridgehead atoms. The summed E-state index contributed by atoms with van der Waals surface area (Å²) in [5, 5.41) is 10.3. The van der Waals surface area contributed by atoms with Gasteiger partial charge in [0.2, 0.25) is 0 Å². The third kappa shape index (κ3) is 5.57. The number of carboxylic acids is 1. The van der Waals surface area contributed by atoms with Crippen LogP contribution in [-0.2, 0) is 24.4 Å². The lowest BCUT2D eigenvalue weighted by Gasteiger charge is -2.29. The molecule has 4 rings (SSSR count). The molecule has 166 valence electrons. The predicted octanol–water partition coefficient (Wildman–Crippen LogP) is 5.11. The number of halogens is 2. The van der Waals surface area contributed by atoms with Gasteiger partial charge >= 0.3 is 5.97 Å². The first-order valence-electron chi connectivity index (χ1n) is 10.4. The van der Waals surface area contributed by atoms with E-state index >= 15 is 0 Å². The number of carboxylic acid groups (broad SMARTS) is 1. The molecular weight excluding hydrogens is 449 g/mol. The van der Waals surface area contributed by atoms with E-state index in [-0.39, 0.29) is 0 Å². The van der Waals surface area contributed by atoms with Gasteiger partial charge in [0, 0.05) is 53.4 Å². The van der Waals surface area contributed by atoms with Gasteiger partial charge in [-0.3, -0.25) is 9.69 Å². The highest BCUT2D eigenvalue weighted by Crippen LogP contribution is 2.25. The van der Waals surface area contributed by atoms with Crippen LogP contribution in [0.2, 0.25) is 10.0 Å². The first-order valence-corrected chi connectivity index (χ1v) is 11.1. The first kappa shape index (κ1) is 22.5. The predicted molar refractivity (Wildman–Crippen MR) is 124 cm³/mol. The van der Waals surface area contributed by atoms with Crippen molar-refractivity contribution in [1.29, 1.82) is 0 Å². The molecule has 0 aliphatic carbocycles. The second-order valence-corrected chi connectivity index (χ2v) is 8.85. The van der Waals surface area contributed by atoms with Gasteiger partial charge in [-0.1, -0.05) is 30.1 Å². The topological polar surface area (TPSA) is 75.5 Å². The summed E-state index contributed by atoms with van der Waals surface area (Å²) in [4.78, 5) is 22.5. The van der Waals surface area contributed by atoms with Crippen LogP contribution in [0.15, 0.2) is 48.7 Å². The van der Waals surface area contributed by atoms with Crippen LogP contribution < -0.4 is 4.74 Å². The van der Waals surface area contributed by atoms with Gasteiger partial charge in [0.25, 0.3) is 0 Å². The Morgan fingerprint density at radius 2 is 1.91 bits per heavy atom. The fourth-order valence-electron chi connectivity index (χ4n) is 3.70. The zero-order chi connectivity index (χ0) is 22.7. The first-order chi connectivity index (χ1) is 15.4. The second kappa shape index (κ2) is 9.86. The summed E-state index contributed by atoms with van der Waals surface area (Å²) in [6.45, 7) is 4.09. The average Bonchev–Trinajstić information content (AvgIpc) is 2.77. The molecule has 0 amide bonds. The quantitative estimate of drug-likeness (QED) is 0.515. The smallest absolute Gasteiger partial charge is 0.307 e. The number of rotatable bonds is 7. The van der Waals surface area contributed by atoms with Crippen LogP contribution >= 0.6 is 23.2 Å². The van der Waals surface area contributed by atoms with Crippen LogP contribution in [0.4, 0.5) is 0 Å². The Bertz CT molecular complexity index is 1100. The van der Waals surface area contributed by atoms with Crippen molar-refractivity contribution in [2.75, 3.05) is 13.1 Å². The van der Waals surface area contributed by atoms with Crippen LogP contribution in [0.3, 0.4) is 0 Å². The fourth-order valence-corrected chi connectivity index (χ4v) is 4.27. The summed E-state index contributed by atoms with van der Waals surface area (Å²) in [5.74, 6) is 0.231. The molecule has 1 aromatic heterocycles. The van der Waals surface area contributed by atoms with Crippen molar-refractivity contribution in [3.05, 3.63) is 75.5 Å². The third-order valence-corrected chi connectivity index (χ3v) is 5.84. The van der Waals surface area contributed by atoms with E-state index in [0.29, 0.717) is 35.6 Å². The minimum atomic E-state index is -0.772. The van der Waals surface area contributed by atoms with Crippen LogP contribution in [0.1, 0.15) is 23.7 Å². The van der Waals surface area contributed by atoms with Crippen LogP contribution in [-0.4, -0.2) is 39.0 Å². The molecule has 3 aromatic rings. The highest BCUT2D eigenvalue weighted by Gasteiger charge is 2.22. The van der Waals surface area contributed by atoms with Gasteiger partial charge < -0.3 is 9.84 Å². The molecule has 8 heteroatoms. The van der Waals surface area contributed by atoms with Gasteiger partial charge in [0.1, 0.15) is 12.4 Å². The Morgan fingerprint density at radius 3 is 2.59 bits per heavy atom. The molecule has 0 spiro atoms. The monoisotopic (exact) mass is 471 g/mol. The van der Waals surface area contributed by atoms with Crippen molar-refractivity contribution in [3.63, 3.8) is 0 Å². The molecule has 32 heavy (non-hydrogen) atoms. The molecule has 0 saturated heterocycles. The number of carbonyl (C=O) groups is 1. The molecule has 2 heterocycles. The number of ether oxygens (including phenoxy) is 1. The van der Waals surface area contributed by atoms with E-state index in [1.807, 2.05) is 42.6 Å². The SMILES string of the molecule is CC(CN1CCc2nc(-c3ccc(OCc4cc(Cl)cc(Cl)c4)cc3)ncc2C1)C(=O)O. The van der Waals surface area contributed by atoms with Crippen molar-refractivity contribution in [1.82, 2.24) is 14.9 Å². The summed E-state index contributed by atoms with van der Waals surface area (Å²) in [7, 11) is 0. The number of aromatic nitrogens is 2. The summed E-state index contributed by atoms with van der Waals surface area (Å²) < 4.78 is 5.84. The number of benzene rings is 2. The normalized spacial score (nSPS) is 14.6. The molecule has 1 atom stereocenters. The van der Waals surface area contributed by atoms with E-state index in [4.69, 9.17) is 38.0 Å². The van der Waals surface area contributed by atoms with E-state index in [1.165, 1.54) is 0 Å². The largest absolute Gasteiger partial charge is 0.489 e. The highest BCUT2D eigenvalue weighted by molar-refractivity contribution is 6.34. The molecule has 0 fully saturated rings. The number of aliphatic carboxylic acids is 1. The Balaban J connectivity index is 1.40. The van der Waals surface area contributed by atoms with Crippen molar-refractivity contribution < 1.29 is 14.6 Å². The second-order valence-electron chi connectivity index (χ2n) is 7.98. The molecule has 0 saturated carbocycles. The van der Waals surface area contributed by atoms with E-state index < -0.39 is 11.9 Å². The summed E-state index contributed by atoms with van der Waals surface area (Å²) in [5.41, 5.74) is 3.88. The molecule has 1 unspecified atom stereocenters. The van der Waals surface area contributed by atoms with Gasteiger partial charge in [-0.25, -0.2) is 9.97 Å². The van der Waals surface area contributed by atoms with E-state index in [2.05, 4.69) is 9.88 Å². The van der Waals surface area contributed by atoms with Crippen LogP contribution in [0.25, 0.3) is 11.4 Å². The summed E-state index contributed by atoms with van der Waals surface area (Å²) in [6, 6.07) is 13.0. The number of fused-ring (bicyclic) bond motifs is 1. The van der Waals surface area contributed by atoms with E-state index in [1.54, 1.807) is 13.0 Å². The van der Waals surface area contributed by atoms with Gasteiger partial charge in [-0.05, 0) is 48.0 Å². The Morgan fingerprint density at radius 1 is 1.19 bits per heavy atom. The van der Waals surface area contributed by atoms with Gasteiger partial charge in [0.15, 0.2) is 5.82 Å². The zero-order valence-corrected chi connectivity index (χ0v) is 19.1. The molecule has 0 radical (unpaired) electrons. The van der Waals surface area contributed by atoms with Crippen molar-refractivity contribution >= 4 is 29.2 Å². The standard InChI is InChI=1S/C24H23Cl2N3O3/c1-15(24(30)31)12-29-7-6-22-18(13-29)11-27-23(28-22)17-2-4-21(5-3-17)32-14-16-8-19(25)10-20(26)9-16/h2-5,8-11,15H,6-7,12-14H2,1H3,(H,30,31). The lowest BCUT2D eigenvalue weighted by Crippen LogP contribution is -2.36. The zero-order valence-electron chi connectivity index (χ0n) is 17.6. The molecule has 6 nitrogen and oxygen atoms in total. The Kier molecular flexibility index (Phi) is 6.94. The molecule has 1 N–H and O–H groups in total. The average molecular weight is 472 g/mol. The summed E-state index contributed by atoms with van der Waals surface area (Å²) >= 11 is 12.1. The minimum absolute atomic E-state index is 0.367. The van der Waals surface area contributed by atoms with Gasteiger partial charge in [-0.15, -0.1) is 0 Å². The maximum Gasteiger partial charge on any atom is 0.307 e. The van der Waals surface area contributed by atoms with Gasteiger partial charge in [-0.2, -0.15) is 0 Å².